The molecule has 0 heterocycles. The Kier molecular flexibility index (Phi) is 55.3. The lowest BCUT2D eigenvalue weighted by Crippen LogP contribution is -2.30. The Morgan fingerprint density at radius 3 is 1.00 bits per heavy atom. The molecule has 0 rings (SSSR count). The van der Waals surface area contributed by atoms with Crippen LogP contribution in [0, 0.1) is 0 Å². The van der Waals surface area contributed by atoms with Crippen LogP contribution < -0.4 is 0 Å². The number of allylic oxidation sites excluding steroid dienone is 14. The van der Waals surface area contributed by atoms with Gasteiger partial charge in [-0.05, 0) is 77.0 Å². The van der Waals surface area contributed by atoms with Gasteiger partial charge in [0.1, 0.15) is 13.2 Å². The van der Waals surface area contributed by atoms with Gasteiger partial charge in [0.05, 0.1) is 0 Å². The maximum absolute atomic E-state index is 12.8. The minimum atomic E-state index is -0.812. The molecule has 1 unspecified atom stereocenters. The van der Waals surface area contributed by atoms with Gasteiger partial charge in [0, 0.05) is 19.3 Å². The number of carbonyl (C=O) groups excluding carboxylic acids is 3. The molecule has 6 nitrogen and oxygen atoms in total. The fourth-order valence-electron chi connectivity index (χ4n) is 8.24. The van der Waals surface area contributed by atoms with E-state index in [1.807, 2.05) is 0 Å². The van der Waals surface area contributed by atoms with E-state index in [0.717, 1.165) is 83.5 Å². The van der Waals surface area contributed by atoms with Crippen LogP contribution in [0.15, 0.2) is 85.1 Å². The third kappa shape index (κ3) is 55.5. The minimum absolute atomic E-state index is 0.102. The molecule has 0 fully saturated rings. The van der Waals surface area contributed by atoms with Gasteiger partial charge in [-0.25, -0.2) is 0 Å². The largest absolute Gasteiger partial charge is 0.462 e. The fraction of sp³-hybridized carbons (Fsp3) is 0.734. The van der Waals surface area contributed by atoms with Gasteiger partial charge in [0.25, 0.3) is 0 Å². The molecule has 0 saturated heterocycles. The molecule has 0 aliphatic carbocycles. The van der Waals surface area contributed by atoms with Crippen LogP contribution in [0.4, 0.5) is 0 Å². The van der Waals surface area contributed by atoms with E-state index in [4.69, 9.17) is 14.2 Å². The third-order valence-electron chi connectivity index (χ3n) is 12.7. The maximum atomic E-state index is 12.8. The average Bonchev–Trinajstić information content (AvgIpc) is 3.36. The van der Waals surface area contributed by atoms with E-state index in [1.165, 1.54) is 154 Å². The van der Waals surface area contributed by atoms with Gasteiger partial charge in [-0.3, -0.25) is 14.4 Å². The number of esters is 3. The van der Waals surface area contributed by atoms with Crippen LogP contribution in [0.5, 0.6) is 0 Å². The van der Waals surface area contributed by atoms with Gasteiger partial charge in [0.2, 0.25) is 0 Å². The van der Waals surface area contributed by atoms with Crippen molar-refractivity contribution in [2.45, 2.75) is 290 Å². The first-order chi connectivity index (χ1) is 34.5. The number of hydrogen-bond acceptors (Lipinski definition) is 6. The Labute approximate surface area is 433 Å². The quantitative estimate of drug-likeness (QED) is 0.0199. The maximum Gasteiger partial charge on any atom is 0.306 e. The molecule has 6 heteroatoms. The van der Waals surface area contributed by atoms with Crippen molar-refractivity contribution in [1.82, 2.24) is 0 Å². The van der Waals surface area contributed by atoms with Crippen LogP contribution in [0.3, 0.4) is 0 Å². The molecule has 1 atom stereocenters. The second kappa shape index (κ2) is 58.2. The van der Waals surface area contributed by atoms with Crippen LogP contribution in [0.25, 0.3) is 0 Å². The second-order valence-electron chi connectivity index (χ2n) is 19.6. The standard InChI is InChI=1S/C64H110O6/c1-4-7-10-13-16-19-22-25-28-31-34-36-39-42-45-48-51-54-57-63(66)69-60-61(70-64(67)58-55-52-49-46-43-40-37-33-30-27-24-21-18-15-12-9-6-3)59-68-62(65)56-53-50-47-44-41-38-35-32-29-26-23-20-17-14-11-8-5-2/h16,19,22,25,27-28,30-31,34,36-37,40,46,49,61H,4-15,17-18,20-21,23-24,26,29,32-33,35,38-39,41-45,47-48,50-60H2,1-3H3/b19-16-,25-22-,30-27-,31-28-,36-34-,40-37-,49-46-. The molecule has 402 valence electrons. The SMILES string of the molecule is CCCCC\C=C/C=C\C=C/C=C\CCCCCCCC(=O)OCC(COC(=O)CCCCCCCCCCCCCCCCCCC)OC(=O)CCC/C=C\C/C=C\C/C=C\CCCCCCCC. The molecule has 0 aromatic carbocycles. The molecule has 0 aromatic heterocycles. The first-order valence-electron chi connectivity index (χ1n) is 29.6. The van der Waals surface area contributed by atoms with Gasteiger partial charge in [-0.15, -0.1) is 0 Å². The highest BCUT2D eigenvalue weighted by atomic mass is 16.6. The predicted octanol–water partition coefficient (Wildman–Crippen LogP) is 19.9. The molecule has 0 aromatic rings. The van der Waals surface area contributed by atoms with E-state index >= 15 is 0 Å². The molecule has 0 amide bonds. The summed E-state index contributed by atoms with van der Waals surface area (Å²) in [5.74, 6) is -0.970. The van der Waals surface area contributed by atoms with E-state index in [0.29, 0.717) is 19.3 Å². The minimum Gasteiger partial charge on any atom is -0.462 e. The van der Waals surface area contributed by atoms with E-state index in [2.05, 4.69) is 106 Å². The van der Waals surface area contributed by atoms with Crippen molar-refractivity contribution >= 4 is 17.9 Å². The number of rotatable bonds is 53. The summed E-state index contributed by atoms with van der Waals surface area (Å²) < 4.78 is 16.8. The van der Waals surface area contributed by atoms with E-state index in [1.54, 1.807) is 0 Å². The topological polar surface area (TPSA) is 78.9 Å². The van der Waals surface area contributed by atoms with E-state index < -0.39 is 6.10 Å². The fourth-order valence-corrected chi connectivity index (χ4v) is 8.24. The Morgan fingerprint density at radius 2 is 0.586 bits per heavy atom. The summed E-state index contributed by atoms with van der Waals surface area (Å²) >= 11 is 0. The van der Waals surface area contributed by atoms with Crippen molar-refractivity contribution in [3.05, 3.63) is 85.1 Å². The highest BCUT2D eigenvalue weighted by Crippen LogP contribution is 2.16. The van der Waals surface area contributed by atoms with Gasteiger partial charge in [-0.1, -0.05) is 273 Å². The summed E-state index contributed by atoms with van der Waals surface area (Å²) in [5, 5.41) is 0. The van der Waals surface area contributed by atoms with Crippen molar-refractivity contribution in [2.75, 3.05) is 13.2 Å². The van der Waals surface area contributed by atoms with Crippen molar-refractivity contribution in [1.29, 1.82) is 0 Å². The van der Waals surface area contributed by atoms with Gasteiger partial charge in [0.15, 0.2) is 6.10 Å². The van der Waals surface area contributed by atoms with Crippen LogP contribution in [-0.4, -0.2) is 37.2 Å². The third-order valence-corrected chi connectivity index (χ3v) is 12.7. The van der Waals surface area contributed by atoms with Crippen molar-refractivity contribution in [2.24, 2.45) is 0 Å². The number of carbonyl (C=O) groups is 3. The molecule has 0 saturated carbocycles. The van der Waals surface area contributed by atoms with E-state index in [9.17, 15) is 14.4 Å². The Bertz CT molecular complexity index is 1350. The van der Waals surface area contributed by atoms with E-state index in [-0.39, 0.29) is 37.5 Å². The van der Waals surface area contributed by atoms with Gasteiger partial charge >= 0.3 is 17.9 Å². The van der Waals surface area contributed by atoms with Crippen molar-refractivity contribution < 1.29 is 28.6 Å². The van der Waals surface area contributed by atoms with Crippen molar-refractivity contribution in [3.63, 3.8) is 0 Å². The Hall–Kier alpha value is -3.41. The molecule has 0 spiro atoms. The summed E-state index contributed by atoms with van der Waals surface area (Å²) in [4.78, 5) is 38.2. The van der Waals surface area contributed by atoms with Gasteiger partial charge < -0.3 is 14.2 Å². The lowest BCUT2D eigenvalue weighted by Gasteiger charge is -2.18. The molecule has 0 aliphatic rings. The molecule has 0 aliphatic heterocycles. The van der Waals surface area contributed by atoms with Crippen LogP contribution in [0.2, 0.25) is 0 Å². The number of hydrogen-bond donors (Lipinski definition) is 0. The van der Waals surface area contributed by atoms with Gasteiger partial charge in [-0.2, -0.15) is 0 Å². The number of ether oxygens (including phenoxy) is 3. The molecule has 70 heavy (non-hydrogen) atoms. The first-order valence-corrected chi connectivity index (χ1v) is 29.6. The van der Waals surface area contributed by atoms with Crippen LogP contribution in [-0.2, 0) is 28.6 Å². The highest BCUT2D eigenvalue weighted by Gasteiger charge is 2.19. The summed E-state index contributed by atoms with van der Waals surface area (Å²) in [6.45, 7) is 6.56. The molecule has 0 radical (unpaired) electrons. The summed E-state index contributed by atoms with van der Waals surface area (Å²) in [7, 11) is 0. The highest BCUT2D eigenvalue weighted by molar-refractivity contribution is 5.71. The average molecular weight is 976 g/mol. The molecular weight excluding hydrogens is 865 g/mol. The number of unbranched alkanes of at least 4 members (excludes halogenated alkanes) is 31. The van der Waals surface area contributed by atoms with Crippen LogP contribution >= 0.6 is 0 Å². The smallest absolute Gasteiger partial charge is 0.306 e. The molecular formula is C64H110O6. The summed E-state index contributed by atoms with van der Waals surface area (Å²) in [6, 6.07) is 0. The zero-order chi connectivity index (χ0) is 50.7. The zero-order valence-corrected chi connectivity index (χ0v) is 46.0. The zero-order valence-electron chi connectivity index (χ0n) is 46.0. The molecule has 0 bridgehead atoms. The lowest BCUT2D eigenvalue weighted by atomic mass is 10.0. The molecule has 0 N–H and O–H groups in total. The predicted molar refractivity (Wildman–Crippen MR) is 302 cm³/mol. The Morgan fingerprint density at radius 1 is 0.300 bits per heavy atom. The normalized spacial score (nSPS) is 12.7. The lowest BCUT2D eigenvalue weighted by molar-refractivity contribution is -0.167. The summed E-state index contributed by atoms with van der Waals surface area (Å²) in [6.07, 6.45) is 75.7. The monoisotopic (exact) mass is 975 g/mol. The Balaban J connectivity index is 4.49. The van der Waals surface area contributed by atoms with Crippen molar-refractivity contribution in [3.8, 4) is 0 Å². The summed E-state index contributed by atoms with van der Waals surface area (Å²) in [5.41, 5.74) is 0. The second-order valence-corrected chi connectivity index (χ2v) is 19.6. The van der Waals surface area contributed by atoms with Crippen LogP contribution in [0.1, 0.15) is 284 Å². The first kappa shape index (κ1) is 66.6.